The van der Waals surface area contributed by atoms with Gasteiger partial charge in [0.15, 0.2) is 0 Å². The van der Waals surface area contributed by atoms with Crippen LogP contribution in [-0.2, 0) is 11.3 Å². The van der Waals surface area contributed by atoms with Crippen molar-refractivity contribution in [2.45, 2.75) is 39.3 Å². The summed E-state index contributed by atoms with van der Waals surface area (Å²) >= 11 is 6.26. The molecule has 2 aromatic rings. The maximum Gasteiger partial charge on any atom is 0.246 e. The van der Waals surface area contributed by atoms with Gasteiger partial charge in [-0.05, 0) is 44.4 Å². The minimum atomic E-state index is 0.0366. The summed E-state index contributed by atoms with van der Waals surface area (Å²) in [6.45, 7) is 6.04. The third kappa shape index (κ3) is 4.17. The fourth-order valence-corrected chi connectivity index (χ4v) is 3.47. The van der Waals surface area contributed by atoms with Gasteiger partial charge in [0.1, 0.15) is 0 Å². The quantitative estimate of drug-likeness (QED) is 0.838. The van der Waals surface area contributed by atoms with Crippen molar-refractivity contribution in [3.05, 3.63) is 57.9 Å². The molecule has 0 bridgehead atoms. The molecular weight excluding hydrogens is 348 g/mol. The van der Waals surface area contributed by atoms with Crippen LogP contribution < -0.4 is 5.73 Å². The largest absolute Gasteiger partial charge is 0.339 e. The molecule has 0 saturated carbocycles. The molecule has 1 aliphatic heterocycles. The molecule has 1 aliphatic rings. The number of aromatic nitrogens is 2. The monoisotopic (exact) mass is 372 g/mol. The molecule has 1 aromatic carbocycles. The number of likely N-dealkylation sites (tertiary alicyclic amines) is 1. The van der Waals surface area contributed by atoms with E-state index in [1.165, 1.54) is 0 Å². The van der Waals surface area contributed by atoms with Crippen LogP contribution in [0.15, 0.2) is 30.3 Å². The zero-order chi connectivity index (χ0) is 18.7. The Hall–Kier alpha value is -2.11. The van der Waals surface area contributed by atoms with Gasteiger partial charge < -0.3 is 10.6 Å². The number of rotatable bonds is 4. The number of aryl methyl sites for hydroxylation is 1. The highest BCUT2D eigenvalue weighted by molar-refractivity contribution is 6.31. The second-order valence-electron chi connectivity index (χ2n) is 6.83. The first kappa shape index (κ1) is 18.7. The SMILES string of the molecule is Cc1nn(Cc2ccccc2Cl)c(C)c1C=CC(=O)N1CCC(N)CC1. The molecule has 2 N–H and O–H groups in total. The lowest BCUT2D eigenvalue weighted by Gasteiger charge is -2.29. The van der Waals surface area contributed by atoms with E-state index in [1.54, 1.807) is 6.08 Å². The van der Waals surface area contributed by atoms with Crippen LogP contribution in [0.2, 0.25) is 5.02 Å². The molecule has 1 saturated heterocycles. The molecule has 1 fully saturated rings. The third-order valence-electron chi connectivity index (χ3n) is 4.96. The molecule has 0 aliphatic carbocycles. The first-order valence-corrected chi connectivity index (χ1v) is 9.33. The number of carbonyl (C=O) groups is 1. The number of carbonyl (C=O) groups excluding carboxylic acids is 1. The molecule has 2 heterocycles. The van der Waals surface area contributed by atoms with Crippen molar-refractivity contribution in [3.63, 3.8) is 0 Å². The fraction of sp³-hybridized carbons (Fsp3) is 0.400. The van der Waals surface area contributed by atoms with Crippen molar-refractivity contribution in [3.8, 4) is 0 Å². The van der Waals surface area contributed by atoms with Gasteiger partial charge in [0.05, 0.1) is 12.2 Å². The first-order chi connectivity index (χ1) is 12.5. The summed E-state index contributed by atoms with van der Waals surface area (Å²) in [6, 6.07) is 7.98. The van der Waals surface area contributed by atoms with Crippen molar-refractivity contribution in [1.82, 2.24) is 14.7 Å². The summed E-state index contributed by atoms with van der Waals surface area (Å²) in [7, 11) is 0. The van der Waals surface area contributed by atoms with E-state index >= 15 is 0 Å². The second-order valence-corrected chi connectivity index (χ2v) is 7.24. The van der Waals surface area contributed by atoms with E-state index in [9.17, 15) is 4.79 Å². The van der Waals surface area contributed by atoms with Gasteiger partial charge in [-0.1, -0.05) is 29.8 Å². The van der Waals surface area contributed by atoms with E-state index < -0.39 is 0 Å². The molecular formula is C20H25ClN4O. The number of hydrogen-bond acceptors (Lipinski definition) is 3. The number of piperidine rings is 1. The zero-order valence-corrected chi connectivity index (χ0v) is 16.0. The number of amides is 1. The molecule has 138 valence electrons. The van der Waals surface area contributed by atoms with E-state index in [0.29, 0.717) is 6.54 Å². The number of halogens is 1. The average molecular weight is 373 g/mol. The standard InChI is InChI=1S/C20H25ClN4O/c1-14-18(7-8-20(26)24-11-9-17(22)10-12-24)15(2)25(23-14)13-16-5-3-4-6-19(16)21/h3-8,17H,9-13,22H2,1-2H3. The van der Waals surface area contributed by atoms with Crippen molar-refractivity contribution >= 4 is 23.6 Å². The number of nitrogens with two attached hydrogens (primary N) is 1. The van der Waals surface area contributed by atoms with Gasteiger partial charge in [0.25, 0.3) is 0 Å². The van der Waals surface area contributed by atoms with E-state index in [0.717, 1.165) is 53.5 Å². The molecule has 5 nitrogen and oxygen atoms in total. The molecule has 26 heavy (non-hydrogen) atoms. The topological polar surface area (TPSA) is 64.2 Å². The average Bonchev–Trinajstić information content (AvgIpc) is 2.89. The lowest BCUT2D eigenvalue weighted by Crippen LogP contribution is -2.42. The maximum absolute atomic E-state index is 12.4. The fourth-order valence-electron chi connectivity index (χ4n) is 3.27. The highest BCUT2D eigenvalue weighted by Gasteiger charge is 2.19. The minimum absolute atomic E-state index is 0.0366. The number of nitrogens with zero attached hydrogens (tertiary/aromatic N) is 3. The van der Waals surface area contributed by atoms with E-state index in [1.807, 2.05) is 53.8 Å². The van der Waals surface area contributed by atoms with Crippen LogP contribution in [0.3, 0.4) is 0 Å². The van der Waals surface area contributed by atoms with Crippen LogP contribution in [-0.4, -0.2) is 39.7 Å². The molecule has 3 rings (SSSR count). The van der Waals surface area contributed by atoms with Gasteiger partial charge in [0, 0.05) is 41.5 Å². The molecule has 0 atom stereocenters. The first-order valence-electron chi connectivity index (χ1n) is 8.95. The van der Waals surface area contributed by atoms with Crippen molar-refractivity contribution in [1.29, 1.82) is 0 Å². The van der Waals surface area contributed by atoms with Crippen molar-refractivity contribution in [2.75, 3.05) is 13.1 Å². The van der Waals surface area contributed by atoms with Crippen LogP contribution in [0.4, 0.5) is 0 Å². The summed E-state index contributed by atoms with van der Waals surface area (Å²) in [4.78, 5) is 14.3. The van der Waals surface area contributed by atoms with Gasteiger partial charge in [-0.2, -0.15) is 5.10 Å². The highest BCUT2D eigenvalue weighted by Crippen LogP contribution is 2.20. The Bertz CT molecular complexity index is 819. The van der Waals surface area contributed by atoms with Crippen molar-refractivity contribution in [2.24, 2.45) is 5.73 Å². The molecule has 0 spiro atoms. The van der Waals surface area contributed by atoms with Crippen LogP contribution in [0.1, 0.15) is 35.4 Å². The van der Waals surface area contributed by atoms with E-state index in [-0.39, 0.29) is 11.9 Å². The Balaban J connectivity index is 1.73. The van der Waals surface area contributed by atoms with E-state index in [2.05, 4.69) is 5.10 Å². The van der Waals surface area contributed by atoms with Gasteiger partial charge in [-0.3, -0.25) is 9.48 Å². The Morgan fingerprint density at radius 1 is 1.31 bits per heavy atom. The zero-order valence-electron chi connectivity index (χ0n) is 15.3. The summed E-state index contributed by atoms with van der Waals surface area (Å²) < 4.78 is 1.93. The van der Waals surface area contributed by atoms with Crippen LogP contribution >= 0.6 is 11.6 Å². The van der Waals surface area contributed by atoms with Crippen molar-refractivity contribution < 1.29 is 4.79 Å². The Morgan fingerprint density at radius 2 is 2.00 bits per heavy atom. The van der Waals surface area contributed by atoms with Crippen LogP contribution in [0.5, 0.6) is 0 Å². The smallest absolute Gasteiger partial charge is 0.246 e. The number of hydrogen-bond donors (Lipinski definition) is 1. The van der Waals surface area contributed by atoms with Gasteiger partial charge >= 0.3 is 0 Å². The molecule has 0 unspecified atom stereocenters. The van der Waals surface area contributed by atoms with Crippen LogP contribution in [0.25, 0.3) is 6.08 Å². The van der Waals surface area contributed by atoms with E-state index in [4.69, 9.17) is 17.3 Å². The summed E-state index contributed by atoms with van der Waals surface area (Å²) in [5.74, 6) is 0.0366. The lowest BCUT2D eigenvalue weighted by atomic mass is 10.1. The number of benzene rings is 1. The lowest BCUT2D eigenvalue weighted by molar-refractivity contribution is -0.126. The predicted molar refractivity (Wildman–Crippen MR) is 105 cm³/mol. The molecule has 1 amide bonds. The van der Waals surface area contributed by atoms with Crippen LogP contribution in [0, 0.1) is 13.8 Å². The molecule has 1 aromatic heterocycles. The molecule has 6 heteroatoms. The molecule has 0 radical (unpaired) electrons. The highest BCUT2D eigenvalue weighted by atomic mass is 35.5. The summed E-state index contributed by atoms with van der Waals surface area (Å²) in [5.41, 5.74) is 9.83. The van der Waals surface area contributed by atoms with Gasteiger partial charge in [-0.25, -0.2) is 0 Å². The summed E-state index contributed by atoms with van der Waals surface area (Å²) in [6.07, 6.45) is 5.26. The normalized spacial score (nSPS) is 15.8. The second kappa shape index (κ2) is 8.06. The maximum atomic E-state index is 12.4. The Kier molecular flexibility index (Phi) is 5.79. The summed E-state index contributed by atoms with van der Waals surface area (Å²) in [5, 5.41) is 5.34. The van der Waals surface area contributed by atoms with Gasteiger partial charge in [0.2, 0.25) is 5.91 Å². The third-order valence-corrected chi connectivity index (χ3v) is 5.33. The Labute approximate surface area is 159 Å². The Morgan fingerprint density at radius 3 is 2.69 bits per heavy atom. The minimum Gasteiger partial charge on any atom is -0.339 e. The predicted octanol–water partition coefficient (Wildman–Crippen LogP) is 3.16. The van der Waals surface area contributed by atoms with Gasteiger partial charge in [-0.15, -0.1) is 0 Å².